The molecule has 0 unspecified atom stereocenters. The van der Waals surface area contributed by atoms with Crippen molar-refractivity contribution in [1.82, 2.24) is 0 Å². The van der Waals surface area contributed by atoms with Crippen LogP contribution in [0.15, 0.2) is 89.5 Å². The molecule has 3 aromatic carbocycles. The number of rotatable bonds is 8. The SMILES string of the molecule is CC1=NN(c2ccccc2)C(=O)/C1=C\c1cc(Cl)ccc1OCCCOc1ccccc1. The maximum absolute atomic E-state index is 13.0. The minimum atomic E-state index is -0.184. The fourth-order valence-corrected chi connectivity index (χ4v) is 3.48. The molecule has 3 aromatic rings. The van der Waals surface area contributed by atoms with Crippen LogP contribution in [0.2, 0.25) is 5.02 Å². The van der Waals surface area contributed by atoms with Crippen LogP contribution < -0.4 is 14.5 Å². The topological polar surface area (TPSA) is 51.1 Å². The molecular formula is C26H23ClN2O3. The quantitative estimate of drug-likeness (QED) is 0.315. The molecule has 5 nitrogen and oxygen atoms in total. The minimum absolute atomic E-state index is 0.184. The number of anilines is 1. The molecule has 0 aromatic heterocycles. The molecule has 1 amide bonds. The van der Waals surface area contributed by atoms with Gasteiger partial charge in [0, 0.05) is 17.0 Å². The van der Waals surface area contributed by atoms with Gasteiger partial charge in [-0.15, -0.1) is 0 Å². The molecule has 0 saturated heterocycles. The number of ether oxygens (including phenoxy) is 2. The molecule has 6 heteroatoms. The van der Waals surface area contributed by atoms with E-state index in [1.807, 2.05) is 73.7 Å². The van der Waals surface area contributed by atoms with E-state index in [4.69, 9.17) is 21.1 Å². The molecule has 1 heterocycles. The van der Waals surface area contributed by atoms with Gasteiger partial charge in [0.15, 0.2) is 0 Å². The Hall–Kier alpha value is -3.57. The van der Waals surface area contributed by atoms with Gasteiger partial charge in [-0.2, -0.15) is 10.1 Å². The van der Waals surface area contributed by atoms with Crippen LogP contribution in [-0.2, 0) is 4.79 Å². The van der Waals surface area contributed by atoms with Crippen molar-refractivity contribution >= 4 is 35.0 Å². The summed E-state index contributed by atoms with van der Waals surface area (Å²) in [5.41, 5.74) is 2.60. The van der Waals surface area contributed by atoms with Crippen LogP contribution in [-0.4, -0.2) is 24.8 Å². The predicted octanol–water partition coefficient (Wildman–Crippen LogP) is 5.99. The highest BCUT2D eigenvalue weighted by Crippen LogP contribution is 2.29. The summed E-state index contributed by atoms with van der Waals surface area (Å²) in [5, 5.41) is 6.40. The van der Waals surface area contributed by atoms with E-state index in [-0.39, 0.29) is 5.91 Å². The van der Waals surface area contributed by atoms with Crippen molar-refractivity contribution in [3.05, 3.63) is 95.0 Å². The standard InChI is InChI=1S/C26H23ClN2O3/c1-19-24(26(30)29(28-19)22-9-4-2-5-10-22)18-20-17-21(27)13-14-25(20)32-16-8-15-31-23-11-6-3-7-12-23/h2-7,9-14,17-18H,8,15-16H2,1H3/b24-18-. The van der Waals surface area contributed by atoms with Gasteiger partial charge in [-0.05, 0) is 55.5 Å². The van der Waals surface area contributed by atoms with Crippen LogP contribution in [0, 0.1) is 0 Å². The molecule has 0 fully saturated rings. The van der Waals surface area contributed by atoms with Crippen molar-refractivity contribution in [3.63, 3.8) is 0 Å². The monoisotopic (exact) mass is 446 g/mol. The lowest BCUT2D eigenvalue weighted by Crippen LogP contribution is -2.21. The summed E-state index contributed by atoms with van der Waals surface area (Å²) in [6.07, 6.45) is 2.50. The van der Waals surface area contributed by atoms with Gasteiger partial charge in [0.25, 0.3) is 5.91 Å². The van der Waals surface area contributed by atoms with E-state index in [1.165, 1.54) is 5.01 Å². The second-order valence-electron chi connectivity index (χ2n) is 7.24. The molecule has 0 spiro atoms. The van der Waals surface area contributed by atoms with Crippen LogP contribution in [0.4, 0.5) is 5.69 Å². The average Bonchev–Trinajstić information content (AvgIpc) is 3.10. The Morgan fingerprint density at radius 2 is 1.62 bits per heavy atom. The van der Waals surface area contributed by atoms with Gasteiger partial charge in [-0.3, -0.25) is 4.79 Å². The van der Waals surface area contributed by atoms with Crippen molar-refractivity contribution in [2.24, 2.45) is 5.10 Å². The van der Waals surface area contributed by atoms with E-state index < -0.39 is 0 Å². The van der Waals surface area contributed by atoms with Crippen LogP contribution in [0.5, 0.6) is 11.5 Å². The molecule has 0 bridgehead atoms. The Balaban J connectivity index is 1.44. The number of nitrogens with zero attached hydrogens (tertiary/aromatic N) is 2. The van der Waals surface area contributed by atoms with E-state index in [0.717, 1.165) is 17.0 Å². The van der Waals surface area contributed by atoms with Gasteiger partial charge in [-0.25, -0.2) is 0 Å². The summed E-state index contributed by atoms with van der Waals surface area (Å²) in [6.45, 7) is 2.84. The van der Waals surface area contributed by atoms with Gasteiger partial charge in [0.1, 0.15) is 11.5 Å². The third kappa shape index (κ3) is 5.18. The largest absolute Gasteiger partial charge is 0.493 e. The number of carbonyl (C=O) groups is 1. The number of halogens is 1. The van der Waals surface area contributed by atoms with Crippen molar-refractivity contribution in [3.8, 4) is 11.5 Å². The molecule has 0 aliphatic carbocycles. The molecule has 0 radical (unpaired) electrons. The van der Waals surface area contributed by atoms with Gasteiger partial charge in [-0.1, -0.05) is 48.0 Å². The Labute approximate surface area is 192 Å². The second-order valence-corrected chi connectivity index (χ2v) is 7.68. The summed E-state index contributed by atoms with van der Waals surface area (Å²) < 4.78 is 11.7. The van der Waals surface area contributed by atoms with E-state index >= 15 is 0 Å². The second kappa shape index (κ2) is 10.2. The number of para-hydroxylation sites is 2. The number of hydrogen-bond donors (Lipinski definition) is 0. The van der Waals surface area contributed by atoms with Crippen molar-refractivity contribution in [2.45, 2.75) is 13.3 Å². The number of carbonyl (C=O) groups excluding carboxylic acids is 1. The highest BCUT2D eigenvalue weighted by Gasteiger charge is 2.28. The van der Waals surface area contributed by atoms with Crippen LogP contribution >= 0.6 is 11.6 Å². The molecule has 0 N–H and O–H groups in total. The van der Waals surface area contributed by atoms with Crippen molar-refractivity contribution in [2.75, 3.05) is 18.2 Å². The van der Waals surface area contributed by atoms with Gasteiger partial charge < -0.3 is 9.47 Å². The lowest BCUT2D eigenvalue weighted by Gasteiger charge is -2.12. The molecule has 1 aliphatic heterocycles. The van der Waals surface area contributed by atoms with E-state index in [2.05, 4.69) is 5.10 Å². The number of hydrogen-bond acceptors (Lipinski definition) is 4. The Morgan fingerprint density at radius 3 is 2.38 bits per heavy atom. The highest BCUT2D eigenvalue weighted by molar-refractivity contribution is 6.33. The Bertz CT molecular complexity index is 1140. The van der Waals surface area contributed by atoms with Crippen LogP contribution in [0.1, 0.15) is 18.9 Å². The Morgan fingerprint density at radius 1 is 0.938 bits per heavy atom. The third-order valence-electron chi connectivity index (χ3n) is 4.89. The summed E-state index contributed by atoms with van der Waals surface area (Å²) in [4.78, 5) is 13.0. The van der Waals surface area contributed by atoms with E-state index in [1.54, 1.807) is 18.2 Å². The summed E-state index contributed by atoms with van der Waals surface area (Å²) >= 11 is 6.22. The number of hydrazone groups is 1. The number of amides is 1. The average molecular weight is 447 g/mol. The fraction of sp³-hybridized carbons (Fsp3) is 0.154. The fourth-order valence-electron chi connectivity index (χ4n) is 3.30. The first-order valence-electron chi connectivity index (χ1n) is 10.4. The first kappa shape index (κ1) is 21.7. The first-order valence-corrected chi connectivity index (χ1v) is 10.8. The lowest BCUT2D eigenvalue weighted by molar-refractivity contribution is -0.114. The normalized spacial score (nSPS) is 14.6. The van der Waals surface area contributed by atoms with Gasteiger partial charge in [0.05, 0.1) is 30.2 Å². The zero-order valence-corrected chi connectivity index (χ0v) is 18.5. The molecular weight excluding hydrogens is 424 g/mol. The summed E-state index contributed by atoms with van der Waals surface area (Å²) in [7, 11) is 0. The molecule has 32 heavy (non-hydrogen) atoms. The van der Waals surface area contributed by atoms with E-state index in [9.17, 15) is 4.79 Å². The first-order chi connectivity index (χ1) is 15.6. The summed E-state index contributed by atoms with van der Waals surface area (Å²) in [5.74, 6) is 1.30. The van der Waals surface area contributed by atoms with Crippen molar-refractivity contribution < 1.29 is 14.3 Å². The van der Waals surface area contributed by atoms with Crippen molar-refractivity contribution in [1.29, 1.82) is 0 Å². The maximum atomic E-state index is 13.0. The Kier molecular flexibility index (Phi) is 6.87. The molecule has 162 valence electrons. The minimum Gasteiger partial charge on any atom is -0.493 e. The summed E-state index contributed by atoms with van der Waals surface area (Å²) in [6, 6.07) is 24.4. The smallest absolute Gasteiger partial charge is 0.280 e. The van der Waals surface area contributed by atoms with Crippen LogP contribution in [0.25, 0.3) is 6.08 Å². The highest BCUT2D eigenvalue weighted by atomic mass is 35.5. The molecule has 0 saturated carbocycles. The predicted molar refractivity (Wildman–Crippen MR) is 129 cm³/mol. The molecule has 1 aliphatic rings. The number of benzene rings is 3. The van der Waals surface area contributed by atoms with Gasteiger partial charge >= 0.3 is 0 Å². The zero-order chi connectivity index (χ0) is 22.3. The maximum Gasteiger partial charge on any atom is 0.280 e. The van der Waals surface area contributed by atoms with E-state index in [0.29, 0.717) is 41.7 Å². The molecule has 4 rings (SSSR count). The lowest BCUT2D eigenvalue weighted by atomic mass is 10.1. The molecule has 0 atom stereocenters. The van der Waals surface area contributed by atoms with Crippen LogP contribution in [0.3, 0.4) is 0 Å². The third-order valence-corrected chi connectivity index (χ3v) is 5.13. The zero-order valence-electron chi connectivity index (χ0n) is 17.7. The van der Waals surface area contributed by atoms with Gasteiger partial charge in [0.2, 0.25) is 0 Å².